The maximum Gasteiger partial charge on any atom is 0.242 e. The van der Waals surface area contributed by atoms with Crippen LogP contribution in [0.25, 0.3) is 10.8 Å². The van der Waals surface area contributed by atoms with E-state index in [1.54, 1.807) is 30.6 Å². The Morgan fingerprint density at radius 1 is 1.06 bits per heavy atom. The van der Waals surface area contributed by atoms with Gasteiger partial charge in [-0.15, -0.1) is 0 Å². The number of sulfonamides is 1. The Labute approximate surface area is 194 Å². The second-order valence-electron chi connectivity index (χ2n) is 8.50. The second kappa shape index (κ2) is 9.26. The molecule has 8 nitrogen and oxygen atoms in total. The zero-order valence-corrected chi connectivity index (χ0v) is 19.4. The Kier molecular flexibility index (Phi) is 6.20. The fraction of sp³-hybridized carbons (Fsp3) is 0.375. The molecular weight excluding hydrogens is 440 g/mol. The van der Waals surface area contributed by atoms with Crippen molar-refractivity contribution >= 4 is 20.8 Å². The maximum atomic E-state index is 13.2. The summed E-state index contributed by atoms with van der Waals surface area (Å²) in [6, 6.07) is 13.1. The van der Waals surface area contributed by atoms with Crippen LogP contribution in [-0.2, 0) is 16.6 Å². The van der Waals surface area contributed by atoms with E-state index in [9.17, 15) is 8.42 Å². The van der Waals surface area contributed by atoms with Crippen molar-refractivity contribution < 1.29 is 17.9 Å². The van der Waals surface area contributed by atoms with Gasteiger partial charge in [-0.05, 0) is 49.7 Å². The number of ether oxygens (including phenoxy) is 2. The number of rotatable bonds is 6. The number of hydrogen-bond donors (Lipinski definition) is 1. The Morgan fingerprint density at radius 3 is 2.85 bits per heavy atom. The molecule has 2 aliphatic heterocycles. The monoisotopic (exact) mass is 468 g/mol. The van der Waals surface area contributed by atoms with Gasteiger partial charge in [0.25, 0.3) is 0 Å². The van der Waals surface area contributed by atoms with Crippen molar-refractivity contribution in [1.29, 1.82) is 0 Å². The van der Waals surface area contributed by atoms with Crippen molar-refractivity contribution in [2.45, 2.75) is 31.0 Å². The minimum Gasteiger partial charge on any atom is -0.454 e. The zero-order chi connectivity index (χ0) is 22.8. The number of aromatic nitrogens is 1. The van der Waals surface area contributed by atoms with Crippen molar-refractivity contribution in [3.63, 3.8) is 0 Å². The molecule has 2 aromatic carbocycles. The average molecular weight is 469 g/mol. The average Bonchev–Trinajstić information content (AvgIpc) is 3.15. The van der Waals surface area contributed by atoms with E-state index in [-0.39, 0.29) is 17.9 Å². The molecule has 1 N–H and O–H groups in total. The van der Waals surface area contributed by atoms with Crippen LogP contribution in [0.3, 0.4) is 0 Å². The molecule has 3 aromatic rings. The molecular formula is C24H28N4O4S. The van der Waals surface area contributed by atoms with Gasteiger partial charge >= 0.3 is 0 Å². The third-order valence-electron chi connectivity index (χ3n) is 6.27. The van der Waals surface area contributed by atoms with Gasteiger partial charge < -0.3 is 9.47 Å². The van der Waals surface area contributed by atoms with Gasteiger partial charge in [-0.1, -0.05) is 18.2 Å². The lowest BCUT2D eigenvalue weighted by molar-refractivity contribution is 0.174. The quantitative estimate of drug-likeness (QED) is 0.596. The lowest BCUT2D eigenvalue weighted by atomic mass is 10.2. The van der Waals surface area contributed by atoms with Gasteiger partial charge in [-0.25, -0.2) is 8.42 Å². The molecule has 1 aromatic heterocycles. The molecule has 1 saturated heterocycles. The van der Waals surface area contributed by atoms with E-state index in [0.717, 1.165) is 56.0 Å². The molecule has 0 radical (unpaired) electrons. The van der Waals surface area contributed by atoms with Gasteiger partial charge in [-0.3, -0.25) is 14.8 Å². The van der Waals surface area contributed by atoms with E-state index in [1.165, 1.54) is 5.56 Å². The van der Waals surface area contributed by atoms with Gasteiger partial charge in [0.1, 0.15) is 0 Å². The summed E-state index contributed by atoms with van der Waals surface area (Å²) in [6.45, 7) is 6.46. The molecule has 0 spiro atoms. The summed E-state index contributed by atoms with van der Waals surface area (Å²) >= 11 is 0. The fourth-order valence-electron chi connectivity index (χ4n) is 4.52. The van der Waals surface area contributed by atoms with E-state index in [4.69, 9.17) is 9.47 Å². The van der Waals surface area contributed by atoms with Crippen LogP contribution in [0.5, 0.6) is 11.5 Å². The summed E-state index contributed by atoms with van der Waals surface area (Å²) in [7, 11) is -3.67. The molecule has 0 amide bonds. The van der Waals surface area contributed by atoms with Crippen molar-refractivity contribution in [1.82, 2.24) is 19.5 Å². The first-order valence-electron chi connectivity index (χ1n) is 11.2. The molecule has 0 aliphatic carbocycles. The fourth-order valence-corrected chi connectivity index (χ4v) is 5.98. The van der Waals surface area contributed by atoms with Crippen LogP contribution in [0.2, 0.25) is 0 Å². The number of fused-ring (bicyclic) bond motifs is 2. The number of pyridine rings is 1. The van der Waals surface area contributed by atoms with Crippen LogP contribution in [-0.4, -0.2) is 62.3 Å². The Hall–Kier alpha value is -2.72. The maximum absolute atomic E-state index is 13.2. The molecule has 0 saturated carbocycles. The highest BCUT2D eigenvalue weighted by Crippen LogP contribution is 2.33. The summed E-state index contributed by atoms with van der Waals surface area (Å²) in [4.78, 5) is 8.98. The smallest absolute Gasteiger partial charge is 0.242 e. The number of benzene rings is 2. The van der Waals surface area contributed by atoms with E-state index in [2.05, 4.69) is 25.6 Å². The first kappa shape index (κ1) is 22.1. The third kappa shape index (κ3) is 4.81. The van der Waals surface area contributed by atoms with Gasteiger partial charge in [0.15, 0.2) is 11.5 Å². The molecule has 2 aliphatic rings. The van der Waals surface area contributed by atoms with Gasteiger partial charge in [0.2, 0.25) is 16.8 Å². The van der Waals surface area contributed by atoms with Crippen molar-refractivity contribution in [2.75, 3.05) is 33.0 Å². The normalized spacial score (nSPS) is 18.3. The molecule has 1 fully saturated rings. The molecule has 33 heavy (non-hydrogen) atoms. The van der Waals surface area contributed by atoms with Crippen molar-refractivity contribution in [3.05, 3.63) is 60.4 Å². The number of hydrogen-bond acceptors (Lipinski definition) is 7. The van der Waals surface area contributed by atoms with Crippen LogP contribution < -0.4 is 14.2 Å². The highest BCUT2D eigenvalue weighted by Gasteiger charge is 2.25. The first-order chi connectivity index (χ1) is 16.0. The molecule has 1 atom stereocenters. The number of nitrogens with zero attached hydrogens (tertiary/aromatic N) is 3. The topological polar surface area (TPSA) is 84.0 Å². The Morgan fingerprint density at radius 2 is 1.94 bits per heavy atom. The predicted octanol–water partition coefficient (Wildman–Crippen LogP) is 2.80. The molecule has 174 valence electrons. The molecule has 0 bridgehead atoms. The Bertz CT molecular complexity index is 1240. The van der Waals surface area contributed by atoms with Crippen LogP contribution >= 0.6 is 0 Å². The van der Waals surface area contributed by atoms with Crippen LogP contribution in [0, 0.1) is 0 Å². The summed E-state index contributed by atoms with van der Waals surface area (Å²) in [5.41, 5.74) is 1.19. The van der Waals surface area contributed by atoms with E-state index in [0.29, 0.717) is 5.39 Å². The molecule has 1 unspecified atom stereocenters. The molecule has 3 heterocycles. The van der Waals surface area contributed by atoms with E-state index in [1.807, 2.05) is 25.1 Å². The lowest BCUT2D eigenvalue weighted by Crippen LogP contribution is -2.47. The molecule has 9 heteroatoms. The zero-order valence-electron chi connectivity index (χ0n) is 18.6. The van der Waals surface area contributed by atoms with E-state index < -0.39 is 10.0 Å². The lowest BCUT2D eigenvalue weighted by Gasteiger charge is -2.28. The summed E-state index contributed by atoms with van der Waals surface area (Å²) in [6.07, 6.45) is 3.96. The molecule has 5 rings (SSSR count). The summed E-state index contributed by atoms with van der Waals surface area (Å²) in [5, 5.41) is 1.49. The number of nitrogens with one attached hydrogen (secondary N) is 1. The standard InChI is InChI=1S/C24H28N4O4S/c1-18(26-33(29,30)24-5-2-4-20-15-25-9-8-21(20)24)28-11-3-10-27(12-13-28)16-19-6-7-22-23(14-19)32-17-31-22/h2,4-9,14-15,18,26H,3,10-13,16-17H2,1H3. The van der Waals surface area contributed by atoms with Crippen LogP contribution in [0.4, 0.5) is 0 Å². The first-order valence-corrected chi connectivity index (χ1v) is 12.7. The largest absolute Gasteiger partial charge is 0.454 e. The second-order valence-corrected chi connectivity index (χ2v) is 10.2. The SMILES string of the molecule is CC(NS(=O)(=O)c1cccc2cnccc12)N1CCCN(Cc2ccc3c(c2)OCO3)CC1. The van der Waals surface area contributed by atoms with Crippen molar-refractivity contribution in [3.8, 4) is 11.5 Å². The summed E-state index contributed by atoms with van der Waals surface area (Å²) < 4.78 is 40.2. The van der Waals surface area contributed by atoms with Gasteiger partial charge in [0.05, 0.1) is 11.1 Å². The Balaban J connectivity index is 1.23. The predicted molar refractivity (Wildman–Crippen MR) is 126 cm³/mol. The third-order valence-corrected chi connectivity index (χ3v) is 7.86. The van der Waals surface area contributed by atoms with E-state index >= 15 is 0 Å². The minimum absolute atomic E-state index is 0.279. The minimum atomic E-state index is -3.67. The highest BCUT2D eigenvalue weighted by molar-refractivity contribution is 7.89. The van der Waals surface area contributed by atoms with Crippen LogP contribution in [0.1, 0.15) is 18.9 Å². The van der Waals surface area contributed by atoms with Crippen molar-refractivity contribution in [2.24, 2.45) is 0 Å². The van der Waals surface area contributed by atoms with Gasteiger partial charge in [0, 0.05) is 49.3 Å². The van der Waals surface area contributed by atoms with Crippen LogP contribution in [0.15, 0.2) is 59.8 Å². The van der Waals surface area contributed by atoms with Gasteiger partial charge in [-0.2, -0.15) is 4.72 Å². The summed E-state index contributed by atoms with van der Waals surface area (Å²) in [5.74, 6) is 1.60. The highest BCUT2D eigenvalue weighted by atomic mass is 32.2.